The molecule has 2 heterocycles. The number of thiazole rings is 1. The summed E-state index contributed by atoms with van der Waals surface area (Å²) in [5.41, 5.74) is 1.02. The first-order valence-corrected chi connectivity index (χ1v) is 8.98. The molecule has 0 aliphatic carbocycles. The van der Waals surface area contributed by atoms with E-state index in [0.29, 0.717) is 5.88 Å². The van der Waals surface area contributed by atoms with Crippen molar-refractivity contribution in [1.29, 1.82) is 0 Å². The van der Waals surface area contributed by atoms with Crippen LogP contribution in [-0.2, 0) is 12.3 Å². The van der Waals surface area contributed by atoms with Crippen LogP contribution in [0.2, 0.25) is 0 Å². The first-order valence-electron chi connectivity index (χ1n) is 7.57. The molecule has 0 aromatic carbocycles. The summed E-state index contributed by atoms with van der Waals surface area (Å²) in [6.45, 7) is 3.70. The largest absolute Gasteiger partial charge is 0.306 e. The van der Waals surface area contributed by atoms with E-state index < -0.39 is 0 Å². The second-order valence-corrected chi connectivity index (χ2v) is 7.05. The number of unbranched alkanes of at least 4 members (excludes halogenated alkanes) is 1. The first-order chi connectivity index (χ1) is 9.69. The molecule has 20 heavy (non-hydrogen) atoms. The maximum Gasteiger partial charge on any atom is 0.0928 e. The lowest BCUT2D eigenvalue weighted by Gasteiger charge is -2.35. The van der Waals surface area contributed by atoms with Crippen LogP contribution in [0.5, 0.6) is 0 Å². The summed E-state index contributed by atoms with van der Waals surface area (Å²) in [5.74, 6) is 0.537. The van der Waals surface area contributed by atoms with Gasteiger partial charge in [-0.2, -0.15) is 0 Å². The molecule has 0 radical (unpaired) electrons. The van der Waals surface area contributed by atoms with Gasteiger partial charge in [-0.25, -0.2) is 4.98 Å². The Morgan fingerprint density at radius 3 is 2.80 bits per heavy atom. The van der Waals surface area contributed by atoms with E-state index in [1.165, 1.54) is 50.3 Å². The fourth-order valence-corrected chi connectivity index (χ4v) is 3.85. The average molecular weight is 316 g/mol. The van der Waals surface area contributed by atoms with Crippen LogP contribution < -0.4 is 0 Å². The molecule has 1 aromatic heterocycles. The molecule has 0 unspecified atom stereocenters. The van der Waals surface area contributed by atoms with Gasteiger partial charge in [-0.05, 0) is 65.8 Å². The van der Waals surface area contributed by atoms with Crippen molar-refractivity contribution in [1.82, 2.24) is 14.8 Å². The van der Waals surface area contributed by atoms with Crippen LogP contribution in [0.3, 0.4) is 0 Å². The van der Waals surface area contributed by atoms with Crippen molar-refractivity contribution in [2.45, 2.75) is 44.0 Å². The number of alkyl halides is 1. The van der Waals surface area contributed by atoms with E-state index in [9.17, 15) is 0 Å². The Kier molecular flexibility index (Phi) is 6.75. The lowest BCUT2D eigenvalue weighted by Crippen LogP contribution is -2.42. The molecule has 1 fully saturated rings. The highest BCUT2D eigenvalue weighted by atomic mass is 35.5. The number of aromatic nitrogens is 1. The van der Waals surface area contributed by atoms with Gasteiger partial charge >= 0.3 is 0 Å². The van der Waals surface area contributed by atoms with Crippen LogP contribution in [0, 0.1) is 0 Å². The van der Waals surface area contributed by atoms with E-state index in [1.54, 1.807) is 11.3 Å². The number of hydrogen-bond donors (Lipinski definition) is 0. The Morgan fingerprint density at radius 1 is 1.40 bits per heavy atom. The minimum atomic E-state index is 0.537. The number of rotatable bonds is 7. The van der Waals surface area contributed by atoms with Crippen molar-refractivity contribution in [2.24, 2.45) is 0 Å². The van der Waals surface area contributed by atoms with Gasteiger partial charge in [0.05, 0.1) is 16.6 Å². The predicted octanol–water partition coefficient (Wildman–Crippen LogP) is 3.23. The third-order valence-electron chi connectivity index (χ3n) is 4.20. The number of nitrogens with zero attached hydrogens (tertiary/aromatic N) is 3. The van der Waals surface area contributed by atoms with Crippen molar-refractivity contribution in [3.63, 3.8) is 0 Å². The van der Waals surface area contributed by atoms with Gasteiger partial charge in [0.15, 0.2) is 0 Å². The SMILES string of the molecule is CN1CCC(N(C)CCCCc2nc(CCl)cs2)CC1. The Hall–Kier alpha value is -0.160. The Balaban J connectivity index is 1.60. The van der Waals surface area contributed by atoms with Crippen molar-refractivity contribution in [3.8, 4) is 0 Å². The van der Waals surface area contributed by atoms with E-state index in [1.807, 2.05) is 0 Å². The average Bonchev–Trinajstić information content (AvgIpc) is 2.92. The van der Waals surface area contributed by atoms with E-state index in [2.05, 4.69) is 34.3 Å². The van der Waals surface area contributed by atoms with Crippen LogP contribution in [0.1, 0.15) is 36.4 Å². The maximum absolute atomic E-state index is 5.77. The summed E-state index contributed by atoms with van der Waals surface area (Å²) in [6, 6.07) is 0.786. The summed E-state index contributed by atoms with van der Waals surface area (Å²) in [5, 5.41) is 3.31. The third-order valence-corrected chi connectivity index (χ3v) is 5.43. The molecular formula is C15H26ClN3S. The number of aryl methyl sites for hydroxylation is 1. The molecule has 1 aliphatic heterocycles. The smallest absolute Gasteiger partial charge is 0.0928 e. The van der Waals surface area contributed by atoms with Gasteiger partial charge in [0.1, 0.15) is 0 Å². The zero-order chi connectivity index (χ0) is 14.4. The number of likely N-dealkylation sites (tertiary alicyclic amines) is 1. The summed E-state index contributed by atoms with van der Waals surface area (Å²) in [6.07, 6.45) is 6.23. The quantitative estimate of drug-likeness (QED) is 0.569. The minimum absolute atomic E-state index is 0.537. The monoisotopic (exact) mass is 315 g/mol. The van der Waals surface area contributed by atoms with E-state index in [-0.39, 0.29) is 0 Å². The van der Waals surface area contributed by atoms with E-state index >= 15 is 0 Å². The van der Waals surface area contributed by atoms with Crippen molar-refractivity contribution >= 4 is 22.9 Å². The Bertz CT molecular complexity index is 388. The molecule has 0 N–H and O–H groups in total. The fourth-order valence-electron chi connectivity index (χ4n) is 2.78. The third kappa shape index (κ3) is 4.99. The van der Waals surface area contributed by atoms with Gasteiger partial charge in [0.25, 0.3) is 0 Å². The molecule has 0 amide bonds. The van der Waals surface area contributed by atoms with Crippen molar-refractivity contribution in [2.75, 3.05) is 33.7 Å². The van der Waals surface area contributed by atoms with Gasteiger partial charge in [-0.3, -0.25) is 0 Å². The second-order valence-electron chi connectivity index (χ2n) is 5.84. The molecule has 1 saturated heterocycles. The topological polar surface area (TPSA) is 19.4 Å². The standard InChI is InChI=1S/C15H26ClN3S/c1-18-9-6-14(7-10-18)19(2)8-4-3-5-15-17-13(11-16)12-20-15/h12,14H,3-11H2,1-2H3. The zero-order valence-corrected chi connectivity index (χ0v) is 14.2. The second kappa shape index (κ2) is 8.32. The van der Waals surface area contributed by atoms with E-state index in [4.69, 9.17) is 11.6 Å². The van der Waals surface area contributed by atoms with E-state index in [0.717, 1.165) is 18.2 Å². The highest BCUT2D eigenvalue weighted by Gasteiger charge is 2.19. The molecule has 0 saturated carbocycles. The van der Waals surface area contributed by atoms with Gasteiger partial charge in [-0.15, -0.1) is 22.9 Å². The molecule has 1 aromatic rings. The predicted molar refractivity (Wildman–Crippen MR) is 87.8 cm³/mol. The minimum Gasteiger partial charge on any atom is -0.306 e. The summed E-state index contributed by atoms with van der Waals surface area (Å²) >= 11 is 7.52. The fraction of sp³-hybridized carbons (Fsp3) is 0.800. The summed E-state index contributed by atoms with van der Waals surface area (Å²) in [4.78, 5) is 9.50. The lowest BCUT2D eigenvalue weighted by atomic mass is 10.0. The Labute approximate surface area is 131 Å². The van der Waals surface area contributed by atoms with Gasteiger partial charge in [0, 0.05) is 11.4 Å². The molecule has 1 aliphatic rings. The summed E-state index contributed by atoms with van der Waals surface area (Å²) < 4.78 is 0. The number of halogens is 1. The van der Waals surface area contributed by atoms with Crippen molar-refractivity contribution in [3.05, 3.63) is 16.1 Å². The highest BCUT2D eigenvalue weighted by Crippen LogP contribution is 2.16. The van der Waals surface area contributed by atoms with Crippen LogP contribution in [0.4, 0.5) is 0 Å². The van der Waals surface area contributed by atoms with Crippen LogP contribution in [-0.4, -0.2) is 54.6 Å². The normalized spacial score (nSPS) is 18.0. The van der Waals surface area contributed by atoms with Gasteiger partial charge in [0.2, 0.25) is 0 Å². The van der Waals surface area contributed by atoms with Crippen LogP contribution in [0.15, 0.2) is 5.38 Å². The molecule has 2 rings (SSSR count). The van der Waals surface area contributed by atoms with Crippen molar-refractivity contribution < 1.29 is 0 Å². The van der Waals surface area contributed by atoms with Crippen LogP contribution in [0.25, 0.3) is 0 Å². The highest BCUT2D eigenvalue weighted by molar-refractivity contribution is 7.09. The Morgan fingerprint density at radius 2 is 2.15 bits per heavy atom. The molecular weight excluding hydrogens is 290 g/mol. The van der Waals surface area contributed by atoms with Gasteiger partial charge < -0.3 is 9.80 Å². The number of hydrogen-bond acceptors (Lipinski definition) is 4. The van der Waals surface area contributed by atoms with Crippen LogP contribution >= 0.6 is 22.9 Å². The molecule has 114 valence electrons. The molecule has 5 heteroatoms. The van der Waals surface area contributed by atoms with Gasteiger partial charge in [-0.1, -0.05) is 0 Å². The molecule has 3 nitrogen and oxygen atoms in total. The zero-order valence-electron chi connectivity index (χ0n) is 12.6. The lowest BCUT2D eigenvalue weighted by molar-refractivity contribution is 0.143. The molecule has 0 spiro atoms. The first kappa shape index (κ1) is 16.2. The molecule has 0 bridgehead atoms. The summed E-state index contributed by atoms with van der Waals surface area (Å²) in [7, 11) is 4.50. The maximum atomic E-state index is 5.77. The number of piperidine rings is 1. The molecule has 0 atom stereocenters.